The monoisotopic (exact) mass is 211 g/mol. The number of benzene rings is 1. The lowest BCUT2D eigenvalue weighted by atomic mass is 10.2. The van der Waals surface area contributed by atoms with Crippen LogP contribution >= 0.6 is 0 Å². The molecule has 0 spiro atoms. The number of nitrogen functional groups attached to an aromatic ring is 1. The minimum atomic E-state index is -3.16. The van der Waals surface area contributed by atoms with Crippen LogP contribution in [0.15, 0.2) is 29.2 Å². The summed E-state index contributed by atoms with van der Waals surface area (Å²) in [5.41, 5.74) is 7.00. The summed E-state index contributed by atoms with van der Waals surface area (Å²) in [7, 11) is -3.16. The second-order valence-corrected chi connectivity index (χ2v) is 5.08. The molecule has 2 N–H and O–H groups in total. The smallest absolute Gasteiger partial charge is 0.175 e. The number of hydrogen-bond acceptors (Lipinski definition) is 3. The molecule has 1 rings (SSSR count). The first kappa shape index (κ1) is 10.8. The van der Waals surface area contributed by atoms with Crippen molar-refractivity contribution in [2.75, 3.05) is 12.0 Å². The molecule has 76 valence electrons. The lowest BCUT2D eigenvalue weighted by Gasteiger charge is -2.03. The van der Waals surface area contributed by atoms with Crippen LogP contribution in [-0.4, -0.2) is 14.7 Å². The molecule has 0 saturated heterocycles. The quantitative estimate of drug-likeness (QED) is 0.757. The van der Waals surface area contributed by atoms with E-state index in [9.17, 15) is 8.42 Å². The second-order valence-electron chi connectivity index (χ2n) is 3.06. The normalized spacial score (nSPS) is 12.1. The Balaban J connectivity index is 3.27. The Morgan fingerprint density at radius 1 is 1.36 bits per heavy atom. The van der Waals surface area contributed by atoms with Crippen molar-refractivity contribution in [2.45, 2.75) is 11.8 Å². The zero-order valence-electron chi connectivity index (χ0n) is 8.19. The average molecular weight is 211 g/mol. The van der Waals surface area contributed by atoms with Gasteiger partial charge in [0.1, 0.15) is 0 Å². The van der Waals surface area contributed by atoms with Crippen LogP contribution in [0.5, 0.6) is 0 Å². The molecule has 1 aromatic rings. The number of allylic oxidation sites excluding steroid dienone is 1. The summed E-state index contributed by atoms with van der Waals surface area (Å²) in [4.78, 5) is 0.253. The molecule has 0 aromatic heterocycles. The number of anilines is 1. The maximum Gasteiger partial charge on any atom is 0.175 e. The van der Waals surface area contributed by atoms with Gasteiger partial charge >= 0.3 is 0 Å². The minimum absolute atomic E-state index is 0.253. The molecule has 0 heterocycles. The number of nitrogens with two attached hydrogens (primary N) is 1. The first-order valence-corrected chi connectivity index (χ1v) is 6.06. The Morgan fingerprint density at radius 2 is 2.00 bits per heavy atom. The first-order chi connectivity index (χ1) is 6.45. The van der Waals surface area contributed by atoms with E-state index < -0.39 is 9.84 Å². The third kappa shape index (κ3) is 2.35. The number of rotatable bonds is 2. The van der Waals surface area contributed by atoms with Crippen molar-refractivity contribution in [3.05, 3.63) is 29.8 Å². The van der Waals surface area contributed by atoms with Gasteiger partial charge in [-0.25, -0.2) is 8.42 Å². The molecule has 0 aliphatic rings. The van der Waals surface area contributed by atoms with Gasteiger partial charge < -0.3 is 5.73 Å². The number of sulfone groups is 1. The van der Waals surface area contributed by atoms with Gasteiger partial charge in [-0.1, -0.05) is 18.2 Å². The van der Waals surface area contributed by atoms with Gasteiger partial charge in [0.05, 0.1) is 4.90 Å². The summed E-state index contributed by atoms with van der Waals surface area (Å²) in [5, 5.41) is 0. The average Bonchev–Trinajstić information content (AvgIpc) is 2.07. The molecule has 0 unspecified atom stereocenters. The SMILES string of the molecule is CC=Cc1ccc(S(C)(=O)=O)cc1N. The van der Waals surface area contributed by atoms with Crippen molar-refractivity contribution < 1.29 is 8.42 Å². The van der Waals surface area contributed by atoms with Crippen LogP contribution < -0.4 is 5.73 Å². The van der Waals surface area contributed by atoms with Crippen molar-refractivity contribution in [2.24, 2.45) is 0 Å². The van der Waals surface area contributed by atoms with E-state index in [1.54, 1.807) is 12.1 Å². The molecule has 0 bridgehead atoms. The van der Waals surface area contributed by atoms with Crippen LogP contribution in [0.2, 0.25) is 0 Å². The fourth-order valence-corrected chi connectivity index (χ4v) is 1.77. The molecule has 14 heavy (non-hydrogen) atoms. The third-order valence-electron chi connectivity index (χ3n) is 1.83. The van der Waals surface area contributed by atoms with Crippen LogP contribution in [0.4, 0.5) is 5.69 Å². The van der Waals surface area contributed by atoms with Crippen molar-refractivity contribution in [3.8, 4) is 0 Å². The molecular formula is C10H13NO2S. The van der Waals surface area contributed by atoms with Crippen molar-refractivity contribution in [3.63, 3.8) is 0 Å². The molecule has 3 nitrogen and oxygen atoms in total. The van der Waals surface area contributed by atoms with E-state index in [1.165, 1.54) is 6.07 Å². The van der Waals surface area contributed by atoms with Crippen LogP contribution in [0.1, 0.15) is 12.5 Å². The van der Waals surface area contributed by atoms with Gasteiger partial charge in [-0.15, -0.1) is 0 Å². The van der Waals surface area contributed by atoms with Gasteiger partial charge in [-0.05, 0) is 24.6 Å². The molecule has 0 saturated carbocycles. The summed E-state index contributed by atoms with van der Waals surface area (Å²) < 4.78 is 22.4. The standard InChI is InChI=1S/C10H13NO2S/c1-3-4-8-5-6-9(7-10(8)11)14(2,12)13/h3-7H,11H2,1-2H3. The predicted octanol–water partition coefficient (Wildman–Crippen LogP) is 1.71. The molecule has 0 aliphatic carbocycles. The first-order valence-electron chi connectivity index (χ1n) is 4.17. The van der Waals surface area contributed by atoms with Crippen LogP contribution in [0, 0.1) is 0 Å². The lowest BCUT2D eigenvalue weighted by Crippen LogP contribution is -1.99. The van der Waals surface area contributed by atoms with Gasteiger partial charge in [-0.2, -0.15) is 0 Å². The number of hydrogen-bond donors (Lipinski definition) is 1. The Labute approximate surface area is 84.2 Å². The largest absolute Gasteiger partial charge is 0.398 e. The fourth-order valence-electron chi connectivity index (χ4n) is 1.11. The van der Waals surface area contributed by atoms with E-state index in [2.05, 4.69) is 0 Å². The summed E-state index contributed by atoms with van der Waals surface area (Å²) in [6, 6.07) is 4.73. The van der Waals surface area contributed by atoms with E-state index in [0.29, 0.717) is 5.69 Å². The van der Waals surface area contributed by atoms with E-state index in [0.717, 1.165) is 11.8 Å². The van der Waals surface area contributed by atoms with Crippen LogP contribution in [-0.2, 0) is 9.84 Å². The maximum absolute atomic E-state index is 11.2. The zero-order chi connectivity index (χ0) is 10.8. The van der Waals surface area contributed by atoms with E-state index in [1.807, 2.05) is 19.1 Å². The van der Waals surface area contributed by atoms with Gasteiger partial charge in [0, 0.05) is 11.9 Å². The Morgan fingerprint density at radius 3 is 2.43 bits per heavy atom. The topological polar surface area (TPSA) is 60.2 Å². The highest BCUT2D eigenvalue weighted by Crippen LogP contribution is 2.18. The van der Waals surface area contributed by atoms with Gasteiger partial charge in [-0.3, -0.25) is 0 Å². The third-order valence-corrected chi connectivity index (χ3v) is 2.94. The highest BCUT2D eigenvalue weighted by atomic mass is 32.2. The van der Waals surface area contributed by atoms with Crippen molar-refractivity contribution in [1.29, 1.82) is 0 Å². The zero-order valence-corrected chi connectivity index (χ0v) is 9.01. The summed E-state index contributed by atoms with van der Waals surface area (Å²) in [6.45, 7) is 1.88. The summed E-state index contributed by atoms with van der Waals surface area (Å²) in [6.07, 6.45) is 4.85. The molecule has 0 aliphatic heterocycles. The summed E-state index contributed by atoms with van der Waals surface area (Å²) >= 11 is 0. The predicted molar refractivity (Wildman–Crippen MR) is 58.7 cm³/mol. The van der Waals surface area contributed by atoms with Crippen LogP contribution in [0.25, 0.3) is 6.08 Å². The Kier molecular flexibility index (Phi) is 2.96. The molecule has 4 heteroatoms. The van der Waals surface area contributed by atoms with Crippen LogP contribution in [0.3, 0.4) is 0 Å². The summed E-state index contributed by atoms with van der Waals surface area (Å²) in [5.74, 6) is 0. The highest BCUT2D eigenvalue weighted by Gasteiger charge is 2.07. The Bertz CT molecular complexity index is 461. The molecule has 1 aromatic carbocycles. The molecule has 0 amide bonds. The minimum Gasteiger partial charge on any atom is -0.398 e. The van der Waals surface area contributed by atoms with Gasteiger partial charge in [0.2, 0.25) is 0 Å². The van der Waals surface area contributed by atoms with Crippen molar-refractivity contribution >= 4 is 21.6 Å². The molecule has 0 fully saturated rings. The van der Waals surface area contributed by atoms with Gasteiger partial charge in [0.25, 0.3) is 0 Å². The highest BCUT2D eigenvalue weighted by molar-refractivity contribution is 7.90. The second kappa shape index (κ2) is 3.84. The fraction of sp³-hybridized carbons (Fsp3) is 0.200. The Hall–Kier alpha value is -1.29. The maximum atomic E-state index is 11.2. The van der Waals surface area contributed by atoms with E-state index in [4.69, 9.17) is 5.73 Å². The van der Waals surface area contributed by atoms with Crippen molar-refractivity contribution in [1.82, 2.24) is 0 Å². The molecule has 0 radical (unpaired) electrons. The van der Waals surface area contributed by atoms with E-state index in [-0.39, 0.29) is 4.90 Å². The lowest BCUT2D eigenvalue weighted by molar-refractivity contribution is 0.602. The molecule has 0 atom stereocenters. The van der Waals surface area contributed by atoms with Gasteiger partial charge in [0.15, 0.2) is 9.84 Å². The molecular weight excluding hydrogens is 198 g/mol. The van der Waals surface area contributed by atoms with E-state index >= 15 is 0 Å².